The monoisotopic (exact) mass is 404 g/mol. The fourth-order valence-electron chi connectivity index (χ4n) is 0.829. The molecule has 0 heterocycles. The standard InChI is InChI=1S/C12H22ClIO3Si/c1-7-16-11(15)10(14)9(13)8-17-18(5,6)12(2,3)4/h7-8H2,1-6H3/b10-9+. The third kappa shape index (κ3) is 5.58. The predicted molar refractivity (Wildman–Crippen MR) is 86.7 cm³/mol. The smallest absolute Gasteiger partial charge is 0.345 e. The second-order valence-electron chi connectivity index (χ2n) is 5.49. The summed E-state index contributed by atoms with van der Waals surface area (Å²) in [6, 6.07) is 0. The van der Waals surface area contributed by atoms with Crippen molar-refractivity contribution in [2.24, 2.45) is 0 Å². The van der Waals surface area contributed by atoms with Gasteiger partial charge in [-0.25, -0.2) is 4.79 Å². The first-order chi connectivity index (χ1) is 8.03. The molecule has 0 aliphatic rings. The summed E-state index contributed by atoms with van der Waals surface area (Å²) >= 11 is 7.98. The minimum Gasteiger partial charge on any atom is -0.462 e. The van der Waals surface area contributed by atoms with Crippen molar-refractivity contribution in [1.82, 2.24) is 0 Å². The zero-order chi connectivity index (χ0) is 14.6. The van der Waals surface area contributed by atoms with Crippen molar-refractivity contribution in [2.45, 2.75) is 45.8 Å². The van der Waals surface area contributed by atoms with Crippen molar-refractivity contribution < 1.29 is 14.0 Å². The van der Waals surface area contributed by atoms with Crippen LogP contribution < -0.4 is 0 Å². The molecule has 0 saturated carbocycles. The van der Waals surface area contributed by atoms with E-state index in [1.165, 1.54) is 0 Å². The predicted octanol–water partition coefficient (Wildman–Crippen LogP) is 4.46. The molecule has 0 aliphatic carbocycles. The molecule has 0 saturated heterocycles. The van der Waals surface area contributed by atoms with Gasteiger partial charge in [0.1, 0.15) is 3.58 Å². The van der Waals surface area contributed by atoms with Crippen molar-refractivity contribution in [1.29, 1.82) is 0 Å². The van der Waals surface area contributed by atoms with E-state index < -0.39 is 8.32 Å². The van der Waals surface area contributed by atoms with E-state index in [9.17, 15) is 4.79 Å². The SMILES string of the molecule is CCOC(=O)/C(I)=C(\Cl)CO[Si](C)(C)C(C)(C)C. The molecule has 0 aliphatic heterocycles. The van der Waals surface area contributed by atoms with Gasteiger partial charge in [0.15, 0.2) is 8.32 Å². The van der Waals surface area contributed by atoms with Gasteiger partial charge in [0.05, 0.1) is 18.2 Å². The molecule has 3 nitrogen and oxygen atoms in total. The molecule has 0 aromatic rings. The zero-order valence-corrected chi connectivity index (χ0v) is 15.8. The highest BCUT2D eigenvalue weighted by Gasteiger charge is 2.37. The van der Waals surface area contributed by atoms with Crippen LogP contribution >= 0.6 is 34.2 Å². The number of ether oxygens (including phenoxy) is 1. The number of carbonyl (C=O) groups is 1. The van der Waals surface area contributed by atoms with Crippen molar-refractivity contribution in [3.8, 4) is 0 Å². The Bertz CT molecular complexity index is 335. The summed E-state index contributed by atoms with van der Waals surface area (Å²) in [7, 11) is -1.84. The van der Waals surface area contributed by atoms with E-state index in [4.69, 9.17) is 20.8 Å². The van der Waals surface area contributed by atoms with Crippen molar-refractivity contribution in [3.05, 3.63) is 8.61 Å². The Morgan fingerprint density at radius 1 is 1.33 bits per heavy atom. The average Bonchev–Trinajstić information content (AvgIpc) is 2.23. The fourth-order valence-corrected chi connectivity index (χ4v) is 2.30. The van der Waals surface area contributed by atoms with E-state index in [0.29, 0.717) is 15.2 Å². The number of hydrogen-bond acceptors (Lipinski definition) is 3. The topological polar surface area (TPSA) is 35.5 Å². The van der Waals surface area contributed by atoms with Gasteiger partial charge in [0.25, 0.3) is 0 Å². The van der Waals surface area contributed by atoms with E-state index in [1.54, 1.807) is 6.92 Å². The number of rotatable bonds is 5. The van der Waals surface area contributed by atoms with Crippen molar-refractivity contribution >= 4 is 48.5 Å². The molecule has 0 bridgehead atoms. The quantitative estimate of drug-likeness (QED) is 0.294. The molecular weight excluding hydrogens is 383 g/mol. The molecule has 0 radical (unpaired) electrons. The van der Waals surface area contributed by atoms with Gasteiger partial charge in [-0.05, 0) is 47.6 Å². The number of esters is 1. The first-order valence-electron chi connectivity index (χ1n) is 5.88. The first kappa shape index (κ1) is 18.4. The van der Waals surface area contributed by atoms with E-state index in [0.717, 1.165) is 0 Å². The van der Waals surface area contributed by atoms with Gasteiger partial charge in [-0.15, -0.1) is 0 Å². The molecule has 0 unspecified atom stereocenters. The summed E-state index contributed by atoms with van der Waals surface area (Å²) in [6.07, 6.45) is 0. The molecule has 0 N–H and O–H groups in total. The molecule has 0 spiro atoms. The Hall–Kier alpha value is 0.407. The Morgan fingerprint density at radius 2 is 1.83 bits per heavy atom. The van der Waals surface area contributed by atoms with Gasteiger partial charge < -0.3 is 9.16 Å². The third-order valence-electron chi connectivity index (χ3n) is 3.06. The van der Waals surface area contributed by atoms with Crippen molar-refractivity contribution in [2.75, 3.05) is 13.2 Å². The van der Waals surface area contributed by atoms with Gasteiger partial charge in [-0.3, -0.25) is 0 Å². The highest BCUT2D eigenvalue weighted by molar-refractivity contribution is 14.1. The zero-order valence-electron chi connectivity index (χ0n) is 11.9. The van der Waals surface area contributed by atoms with Gasteiger partial charge in [-0.1, -0.05) is 32.4 Å². The second-order valence-corrected chi connectivity index (χ2v) is 11.8. The lowest BCUT2D eigenvalue weighted by Crippen LogP contribution is -2.41. The summed E-state index contributed by atoms with van der Waals surface area (Å²) in [5.41, 5.74) is 0. The van der Waals surface area contributed by atoms with E-state index in [-0.39, 0.29) is 17.6 Å². The molecule has 0 aromatic heterocycles. The van der Waals surface area contributed by atoms with Crippen LogP contribution in [0.15, 0.2) is 8.61 Å². The van der Waals surface area contributed by atoms with Gasteiger partial charge in [0, 0.05) is 0 Å². The summed E-state index contributed by atoms with van der Waals surface area (Å²) in [4.78, 5) is 11.5. The lowest BCUT2D eigenvalue weighted by atomic mass is 10.2. The molecule has 106 valence electrons. The van der Waals surface area contributed by atoms with Gasteiger partial charge >= 0.3 is 5.97 Å². The van der Waals surface area contributed by atoms with E-state index in [1.807, 2.05) is 22.6 Å². The lowest BCUT2D eigenvalue weighted by molar-refractivity contribution is -0.137. The van der Waals surface area contributed by atoms with Crippen LogP contribution in [0.5, 0.6) is 0 Å². The van der Waals surface area contributed by atoms with Crippen LogP contribution in [0.2, 0.25) is 18.1 Å². The molecule has 0 aromatic carbocycles. The largest absolute Gasteiger partial charge is 0.462 e. The van der Waals surface area contributed by atoms with Crippen LogP contribution in [-0.4, -0.2) is 27.5 Å². The maximum absolute atomic E-state index is 11.5. The molecule has 0 rings (SSSR count). The summed E-state index contributed by atoms with van der Waals surface area (Å²) in [6.45, 7) is 13.2. The summed E-state index contributed by atoms with van der Waals surface area (Å²) in [5.74, 6) is -0.387. The van der Waals surface area contributed by atoms with Crippen LogP contribution in [-0.2, 0) is 14.0 Å². The Labute approximate surface area is 130 Å². The Morgan fingerprint density at radius 3 is 2.22 bits per heavy atom. The molecule has 6 heteroatoms. The third-order valence-corrected chi connectivity index (χ3v) is 9.25. The minimum atomic E-state index is -1.84. The highest BCUT2D eigenvalue weighted by atomic mass is 127. The molecule has 0 atom stereocenters. The average molecular weight is 405 g/mol. The Kier molecular flexibility index (Phi) is 7.42. The van der Waals surface area contributed by atoms with E-state index >= 15 is 0 Å². The first-order valence-corrected chi connectivity index (χ1v) is 10.2. The maximum atomic E-state index is 11.5. The number of halogens is 2. The van der Waals surface area contributed by atoms with Crippen LogP contribution in [0.3, 0.4) is 0 Å². The number of carbonyl (C=O) groups excluding carboxylic acids is 1. The van der Waals surface area contributed by atoms with Crippen molar-refractivity contribution in [3.63, 3.8) is 0 Å². The molecule has 0 fully saturated rings. The normalized spacial score (nSPS) is 14.2. The number of hydrogen-bond donors (Lipinski definition) is 0. The van der Waals surface area contributed by atoms with Crippen LogP contribution in [0.25, 0.3) is 0 Å². The second kappa shape index (κ2) is 7.26. The Balaban J connectivity index is 4.64. The molecule has 18 heavy (non-hydrogen) atoms. The van der Waals surface area contributed by atoms with Crippen LogP contribution in [0.4, 0.5) is 0 Å². The summed E-state index contributed by atoms with van der Waals surface area (Å²) in [5, 5.41) is 0.540. The molecule has 0 amide bonds. The highest BCUT2D eigenvalue weighted by Crippen LogP contribution is 2.37. The van der Waals surface area contributed by atoms with Crippen LogP contribution in [0.1, 0.15) is 27.7 Å². The van der Waals surface area contributed by atoms with Gasteiger partial charge in [-0.2, -0.15) is 0 Å². The van der Waals surface area contributed by atoms with E-state index in [2.05, 4.69) is 33.9 Å². The minimum absolute atomic E-state index is 0.125. The maximum Gasteiger partial charge on any atom is 0.345 e. The summed E-state index contributed by atoms with van der Waals surface area (Å²) < 4.78 is 11.2. The lowest BCUT2D eigenvalue weighted by Gasteiger charge is -2.36. The van der Waals surface area contributed by atoms with Gasteiger partial charge in [0.2, 0.25) is 0 Å². The fraction of sp³-hybridized carbons (Fsp3) is 0.750. The molecular formula is C12H22ClIO3Si. The van der Waals surface area contributed by atoms with Crippen LogP contribution in [0, 0.1) is 0 Å².